The van der Waals surface area contributed by atoms with Crippen LogP contribution >= 0.6 is 11.3 Å². The highest BCUT2D eigenvalue weighted by atomic mass is 32.1. The van der Waals surface area contributed by atoms with Gasteiger partial charge in [-0.3, -0.25) is 0 Å². The first kappa shape index (κ1) is 12.9. The minimum Gasteiger partial charge on any atom is -0.383 e. The number of thiophene rings is 1. The van der Waals surface area contributed by atoms with E-state index in [1.807, 2.05) is 0 Å². The average Bonchev–Trinajstić information content (AvgIpc) is 2.93. The molecule has 2 aromatic rings. The molecule has 1 unspecified atom stereocenters. The van der Waals surface area contributed by atoms with Gasteiger partial charge in [0, 0.05) is 9.75 Å². The number of aliphatic hydroxyl groups is 1. The van der Waals surface area contributed by atoms with Crippen LogP contribution in [0.1, 0.15) is 50.1 Å². The third kappa shape index (κ3) is 2.24. The number of rotatable bonds is 2. The van der Waals surface area contributed by atoms with E-state index < -0.39 is 6.10 Å². The van der Waals surface area contributed by atoms with Crippen LogP contribution in [0, 0.1) is 20.8 Å². The van der Waals surface area contributed by atoms with E-state index in [1.165, 1.54) is 46.4 Å². The lowest BCUT2D eigenvalue weighted by Gasteiger charge is -2.15. The van der Waals surface area contributed by atoms with E-state index in [9.17, 15) is 5.11 Å². The molecule has 0 saturated heterocycles. The minimum atomic E-state index is -0.463. The normalized spacial score (nSPS) is 15.6. The SMILES string of the molecule is Cc1cc(C)c(C(O)c2cc3c(s2)CCC3)cc1C. The van der Waals surface area contributed by atoms with E-state index >= 15 is 0 Å². The van der Waals surface area contributed by atoms with Gasteiger partial charge in [-0.25, -0.2) is 0 Å². The Hall–Kier alpha value is -1.12. The summed E-state index contributed by atoms with van der Waals surface area (Å²) in [5.74, 6) is 0. The molecule has 1 aromatic carbocycles. The molecule has 0 radical (unpaired) electrons. The molecule has 1 atom stereocenters. The molecule has 0 saturated carbocycles. The molecule has 0 spiro atoms. The van der Waals surface area contributed by atoms with Gasteiger partial charge in [0.15, 0.2) is 0 Å². The van der Waals surface area contributed by atoms with Crippen molar-refractivity contribution < 1.29 is 5.11 Å². The monoisotopic (exact) mass is 272 g/mol. The van der Waals surface area contributed by atoms with Crippen molar-refractivity contribution >= 4 is 11.3 Å². The van der Waals surface area contributed by atoms with Gasteiger partial charge in [0.25, 0.3) is 0 Å². The highest BCUT2D eigenvalue weighted by Crippen LogP contribution is 2.37. The molecule has 1 aromatic heterocycles. The van der Waals surface area contributed by atoms with Gasteiger partial charge in [-0.1, -0.05) is 12.1 Å². The molecule has 19 heavy (non-hydrogen) atoms. The van der Waals surface area contributed by atoms with Gasteiger partial charge in [-0.15, -0.1) is 11.3 Å². The van der Waals surface area contributed by atoms with E-state index in [0.717, 1.165) is 10.4 Å². The Labute approximate surface area is 118 Å². The minimum absolute atomic E-state index is 0.463. The Bertz CT molecular complexity index is 603. The summed E-state index contributed by atoms with van der Waals surface area (Å²) in [7, 11) is 0. The highest BCUT2D eigenvalue weighted by Gasteiger charge is 2.21. The molecule has 0 bridgehead atoms. The fourth-order valence-corrected chi connectivity index (χ4v) is 4.18. The van der Waals surface area contributed by atoms with Crippen molar-refractivity contribution in [3.8, 4) is 0 Å². The molecule has 2 heteroatoms. The summed E-state index contributed by atoms with van der Waals surface area (Å²) in [6.07, 6.45) is 3.19. The van der Waals surface area contributed by atoms with Gasteiger partial charge in [0.05, 0.1) is 0 Å². The number of fused-ring (bicyclic) bond motifs is 1. The first-order valence-corrected chi connectivity index (χ1v) is 7.75. The Morgan fingerprint density at radius 2 is 1.74 bits per heavy atom. The largest absolute Gasteiger partial charge is 0.383 e. The van der Waals surface area contributed by atoms with Crippen LogP contribution in [-0.4, -0.2) is 5.11 Å². The van der Waals surface area contributed by atoms with E-state index in [4.69, 9.17) is 0 Å². The lowest BCUT2D eigenvalue weighted by atomic mass is 9.96. The molecule has 3 rings (SSSR count). The summed E-state index contributed by atoms with van der Waals surface area (Å²) < 4.78 is 0. The second kappa shape index (κ2) is 4.77. The van der Waals surface area contributed by atoms with Crippen LogP contribution in [0.5, 0.6) is 0 Å². The Balaban J connectivity index is 1.99. The molecule has 0 fully saturated rings. The van der Waals surface area contributed by atoms with Crippen molar-refractivity contribution in [2.75, 3.05) is 0 Å². The third-order valence-electron chi connectivity index (χ3n) is 4.21. The smallest absolute Gasteiger partial charge is 0.113 e. The van der Waals surface area contributed by atoms with Gasteiger partial charge in [-0.05, 0) is 73.9 Å². The molecule has 1 heterocycles. The molecule has 0 amide bonds. The molecule has 100 valence electrons. The number of hydrogen-bond donors (Lipinski definition) is 1. The molecule has 1 aliphatic rings. The number of aryl methyl sites for hydroxylation is 5. The van der Waals surface area contributed by atoms with E-state index in [2.05, 4.69) is 39.0 Å². The quantitative estimate of drug-likeness (QED) is 0.866. The summed E-state index contributed by atoms with van der Waals surface area (Å²) >= 11 is 1.79. The van der Waals surface area contributed by atoms with Crippen molar-refractivity contribution in [3.63, 3.8) is 0 Å². The lowest BCUT2D eigenvalue weighted by molar-refractivity contribution is 0.223. The zero-order valence-corrected chi connectivity index (χ0v) is 12.6. The van der Waals surface area contributed by atoms with Crippen LogP contribution in [-0.2, 0) is 12.8 Å². The molecule has 0 aliphatic heterocycles. The van der Waals surface area contributed by atoms with Crippen LogP contribution in [0.3, 0.4) is 0 Å². The number of aliphatic hydroxyl groups excluding tert-OH is 1. The molecule has 1 N–H and O–H groups in total. The fraction of sp³-hybridized carbons (Fsp3) is 0.412. The average molecular weight is 272 g/mol. The van der Waals surface area contributed by atoms with Crippen molar-refractivity contribution in [2.24, 2.45) is 0 Å². The maximum absolute atomic E-state index is 10.7. The van der Waals surface area contributed by atoms with Crippen molar-refractivity contribution in [1.29, 1.82) is 0 Å². The van der Waals surface area contributed by atoms with Gasteiger partial charge >= 0.3 is 0 Å². The van der Waals surface area contributed by atoms with Crippen molar-refractivity contribution in [3.05, 3.63) is 55.8 Å². The summed E-state index contributed by atoms with van der Waals surface area (Å²) in [6.45, 7) is 6.32. The van der Waals surface area contributed by atoms with E-state index in [1.54, 1.807) is 11.3 Å². The summed E-state index contributed by atoms with van der Waals surface area (Å²) in [5.41, 5.74) is 6.25. The fourth-order valence-electron chi connectivity index (χ4n) is 2.92. The summed E-state index contributed by atoms with van der Waals surface area (Å²) in [6, 6.07) is 6.53. The first-order chi connectivity index (χ1) is 9.06. The second-order valence-corrected chi connectivity index (χ2v) is 6.81. The Morgan fingerprint density at radius 1 is 1.00 bits per heavy atom. The lowest BCUT2D eigenvalue weighted by Crippen LogP contribution is -2.01. The highest BCUT2D eigenvalue weighted by molar-refractivity contribution is 7.12. The van der Waals surface area contributed by atoms with Crippen molar-refractivity contribution in [1.82, 2.24) is 0 Å². The second-order valence-electron chi connectivity index (χ2n) is 5.65. The van der Waals surface area contributed by atoms with Crippen LogP contribution in [0.2, 0.25) is 0 Å². The van der Waals surface area contributed by atoms with Gasteiger partial charge in [0.2, 0.25) is 0 Å². The molecule has 1 aliphatic carbocycles. The van der Waals surface area contributed by atoms with Gasteiger partial charge < -0.3 is 5.11 Å². The summed E-state index contributed by atoms with van der Waals surface area (Å²) in [5, 5.41) is 10.7. The van der Waals surface area contributed by atoms with E-state index in [0.29, 0.717) is 0 Å². The molecular weight excluding hydrogens is 252 g/mol. The third-order valence-corrected chi connectivity index (χ3v) is 5.50. The first-order valence-electron chi connectivity index (χ1n) is 6.93. The van der Waals surface area contributed by atoms with E-state index in [-0.39, 0.29) is 0 Å². The van der Waals surface area contributed by atoms with Crippen LogP contribution in [0.15, 0.2) is 18.2 Å². The maximum atomic E-state index is 10.7. The van der Waals surface area contributed by atoms with Gasteiger partial charge in [0.1, 0.15) is 6.10 Å². The maximum Gasteiger partial charge on any atom is 0.113 e. The van der Waals surface area contributed by atoms with Crippen LogP contribution in [0.4, 0.5) is 0 Å². The number of benzene rings is 1. The number of hydrogen-bond acceptors (Lipinski definition) is 2. The van der Waals surface area contributed by atoms with Gasteiger partial charge in [-0.2, -0.15) is 0 Å². The molecule has 1 nitrogen and oxygen atoms in total. The standard InChI is InChI=1S/C17H20OS/c1-10-7-12(3)14(8-11(10)2)17(18)16-9-13-5-4-6-15(13)19-16/h7-9,17-18H,4-6H2,1-3H3. The topological polar surface area (TPSA) is 20.2 Å². The van der Waals surface area contributed by atoms with Crippen LogP contribution < -0.4 is 0 Å². The zero-order valence-electron chi connectivity index (χ0n) is 11.8. The summed E-state index contributed by atoms with van der Waals surface area (Å²) in [4.78, 5) is 2.59. The van der Waals surface area contributed by atoms with Crippen LogP contribution in [0.25, 0.3) is 0 Å². The molecular formula is C17H20OS. The predicted octanol–water partition coefficient (Wildman–Crippen LogP) is 4.24. The predicted molar refractivity (Wildman–Crippen MR) is 81.1 cm³/mol. The van der Waals surface area contributed by atoms with Crippen molar-refractivity contribution in [2.45, 2.75) is 46.1 Å². The Morgan fingerprint density at radius 3 is 2.47 bits per heavy atom. The Kier molecular flexibility index (Phi) is 3.23. The zero-order chi connectivity index (χ0) is 13.6.